The maximum absolute atomic E-state index is 12.4. The zero-order chi connectivity index (χ0) is 15.1. The van der Waals surface area contributed by atoms with Crippen LogP contribution in [0, 0.1) is 17.8 Å². The molecule has 0 amide bonds. The molecule has 1 heterocycles. The van der Waals surface area contributed by atoms with Crippen molar-refractivity contribution in [3.05, 3.63) is 37.0 Å². The number of carbonyl (C=O) groups excluding carboxylic acids is 1. The summed E-state index contributed by atoms with van der Waals surface area (Å²) in [5.41, 5.74) is 1.69. The standard InChI is InChI=1S/C17H26O2Si/c1-7-11(3)14-15-12(8-2)9-10-13(20(4,5)6)16(15)19-17(14)18/h7-9,11,13-16H,1-2,10H2,3-6H3/t11-,13-,14-,15-,16-/m0/s1. The summed E-state index contributed by atoms with van der Waals surface area (Å²) >= 11 is 0. The quantitative estimate of drug-likeness (QED) is 0.441. The van der Waals surface area contributed by atoms with Crippen molar-refractivity contribution in [2.24, 2.45) is 17.8 Å². The van der Waals surface area contributed by atoms with E-state index in [0.717, 1.165) is 6.42 Å². The normalized spacial score (nSPS) is 34.8. The van der Waals surface area contributed by atoms with Gasteiger partial charge in [-0.05, 0) is 23.5 Å². The minimum Gasteiger partial charge on any atom is -0.461 e. The molecule has 3 heteroatoms. The highest BCUT2D eigenvalue weighted by Crippen LogP contribution is 2.50. The van der Waals surface area contributed by atoms with Crippen LogP contribution in [0.15, 0.2) is 37.0 Å². The third kappa shape index (κ3) is 2.44. The van der Waals surface area contributed by atoms with Gasteiger partial charge in [0.25, 0.3) is 0 Å². The summed E-state index contributed by atoms with van der Waals surface area (Å²) in [4.78, 5) is 12.4. The Morgan fingerprint density at radius 3 is 2.55 bits per heavy atom. The van der Waals surface area contributed by atoms with Crippen LogP contribution in [0.5, 0.6) is 0 Å². The van der Waals surface area contributed by atoms with Gasteiger partial charge in [0.2, 0.25) is 0 Å². The van der Waals surface area contributed by atoms with E-state index in [2.05, 4.69) is 45.8 Å². The van der Waals surface area contributed by atoms with Crippen molar-refractivity contribution in [1.29, 1.82) is 0 Å². The summed E-state index contributed by atoms with van der Waals surface area (Å²) in [5, 5.41) is 0. The van der Waals surface area contributed by atoms with Crippen molar-refractivity contribution >= 4 is 14.0 Å². The van der Waals surface area contributed by atoms with Crippen LogP contribution in [-0.2, 0) is 9.53 Å². The first kappa shape index (κ1) is 15.3. The minimum absolute atomic E-state index is 0.0413. The number of carbonyl (C=O) groups is 1. The number of rotatable bonds is 4. The molecule has 0 radical (unpaired) electrons. The highest BCUT2D eigenvalue weighted by molar-refractivity contribution is 6.77. The van der Waals surface area contributed by atoms with Crippen molar-refractivity contribution < 1.29 is 9.53 Å². The zero-order valence-corrected chi connectivity index (χ0v) is 14.1. The summed E-state index contributed by atoms with van der Waals surface area (Å²) in [5.74, 6) is 0.158. The van der Waals surface area contributed by atoms with Crippen LogP contribution in [0.4, 0.5) is 0 Å². The Kier molecular flexibility index (Phi) is 4.10. The molecule has 110 valence electrons. The number of fused-ring (bicyclic) bond motifs is 1. The fraction of sp³-hybridized carbons (Fsp3) is 0.588. The molecule has 1 saturated heterocycles. The topological polar surface area (TPSA) is 26.3 Å². The lowest BCUT2D eigenvalue weighted by Gasteiger charge is -2.39. The third-order valence-corrected chi connectivity index (χ3v) is 7.73. The smallest absolute Gasteiger partial charge is 0.310 e. The molecule has 0 aromatic heterocycles. The number of hydrogen-bond acceptors (Lipinski definition) is 2. The van der Waals surface area contributed by atoms with Gasteiger partial charge < -0.3 is 4.74 Å². The summed E-state index contributed by atoms with van der Waals surface area (Å²) in [6.45, 7) is 16.9. The Bertz CT molecular complexity index is 458. The van der Waals surface area contributed by atoms with Gasteiger partial charge in [-0.25, -0.2) is 0 Å². The molecule has 0 unspecified atom stereocenters. The lowest BCUT2D eigenvalue weighted by molar-refractivity contribution is -0.145. The fourth-order valence-corrected chi connectivity index (χ4v) is 5.74. The maximum Gasteiger partial charge on any atom is 0.310 e. The predicted octanol–water partition coefficient (Wildman–Crippen LogP) is 4.19. The maximum atomic E-state index is 12.4. The second-order valence-corrected chi connectivity index (χ2v) is 12.6. The summed E-state index contributed by atoms with van der Waals surface area (Å²) in [6, 6.07) is 0. The summed E-state index contributed by atoms with van der Waals surface area (Å²) in [7, 11) is -1.37. The molecule has 0 saturated carbocycles. The lowest BCUT2D eigenvalue weighted by Crippen LogP contribution is -2.42. The van der Waals surface area contributed by atoms with Crippen molar-refractivity contribution in [1.82, 2.24) is 0 Å². The molecule has 5 atom stereocenters. The largest absolute Gasteiger partial charge is 0.461 e. The second kappa shape index (κ2) is 5.36. The van der Waals surface area contributed by atoms with Crippen molar-refractivity contribution in [3.63, 3.8) is 0 Å². The summed E-state index contributed by atoms with van der Waals surface area (Å²) < 4.78 is 5.83. The Labute approximate surface area is 123 Å². The molecule has 1 fully saturated rings. The van der Waals surface area contributed by atoms with Gasteiger partial charge in [-0.15, -0.1) is 6.58 Å². The monoisotopic (exact) mass is 290 g/mol. The number of allylic oxidation sites excluding steroid dienone is 3. The second-order valence-electron chi connectivity index (χ2n) is 7.16. The van der Waals surface area contributed by atoms with Crippen molar-refractivity contribution in [2.75, 3.05) is 0 Å². The Morgan fingerprint density at radius 2 is 2.05 bits per heavy atom. The van der Waals surface area contributed by atoms with Crippen molar-refractivity contribution in [3.8, 4) is 0 Å². The highest BCUT2D eigenvalue weighted by atomic mass is 28.3. The Balaban J connectivity index is 2.43. The van der Waals surface area contributed by atoms with E-state index >= 15 is 0 Å². The van der Waals surface area contributed by atoms with Gasteiger partial charge in [0.15, 0.2) is 0 Å². The first-order valence-electron chi connectivity index (χ1n) is 7.46. The number of hydrogen-bond donors (Lipinski definition) is 0. The van der Waals surface area contributed by atoms with E-state index in [9.17, 15) is 4.79 Å². The van der Waals surface area contributed by atoms with Crippen LogP contribution in [0.1, 0.15) is 13.3 Å². The van der Waals surface area contributed by atoms with E-state index in [4.69, 9.17) is 4.74 Å². The Morgan fingerprint density at radius 1 is 1.40 bits per heavy atom. The van der Waals surface area contributed by atoms with E-state index in [1.165, 1.54) is 5.57 Å². The van der Waals surface area contributed by atoms with Gasteiger partial charge in [0.1, 0.15) is 6.10 Å². The molecule has 1 aliphatic heterocycles. The predicted molar refractivity (Wildman–Crippen MR) is 86.2 cm³/mol. The van der Waals surface area contributed by atoms with E-state index in [0.29, 0.717) is 5.54 Å². The van der Waals surface area contributed by atoms with E-state index in [1.807, 2.05) is 12.2 Å². The lowest BCUT2D eigenvalue weighted by atomic mass is 9.73. The van der Waals surface area contributed by atoms with Crippen LogP contribution >= 0.6 is 0 Å². The SMILES string of the molecule is C=CC1=CC[C@H]([Si](C)(C)C)[C@@H]2OC(=O)[C@@H]([C@@H](C)C=C)[C@H]12. The van der Waals surface area contributed by atoms with E-state index < -0.39 is 8.07 Å². The molecular formula is C17H26O2Si. The average molecular weight is 290 g/mol. The molecular weight excluding hydrogens is 264 g/mol. The van der Waals surface area contributed by atoms with Crippen LogP contribution < -0.4 is 0 Å². The van der Waals surface area contributed by atoms with Gasteiger partial charge in [-0.1, -0.05) is 51.4 Å². The van der Waals surface area contributed by atoms with Gasteiger partial charge in [-0.3, -0.25) is 4.79 Å². The molecule has 2 aliphatic rings. The molecule has 0 aromatic rings. The van der Waals surface area contributed by atoms with Crippen LogP contribution in [0.25, 0.3) is 0 Å². The molecule has 0 N–H and O–H groups in total. The number of ether oxygens (including phenoxy) is 1. The first-order valence-corrected chi connectivity index (χ1v) is 11.0. The molecule has 2 nitrogen and oxygen atoms in total. The molecule has 2 rings (SSSR count). The average Bonchev–Trinajstić information content (AvgIpc) is 2.72. The molecule has 1 aliphatic carbocycles. The number of esters is 1. The molecule has 0 aromatic carbocycles. The summed E-state index contributed by atoms with van der Waals surface area (Å²) in [6.07, 6.45) is 7.11. The minimum atomic E-state index is -1.37. The van der Waals surface area contributed by atoms with Gasteiger partial charge in [-0.2, -0.15) is 0 Å². The Hall–Kier alpha value is -1.09. The van der Waals surface area contributed by atoms with E-state index in [-0.39, 0.29) is 29.8 Å². The fourth-order valence-electron chi connectivity index (χ4n) is 3.65. The third-order valence-electron chi connectivity index (χ3n) is 4.94. The van der Waals surface area contributed by atoms with Crippen molar-refractivity contribution in [2.45, 2.75) is 44.6 Å². The molecule has 0 spiro atoms. The van der Waals surface area contributed by atoms with Gasteiger partial charge in [0.05, 0.1) is 14.0 Å². The van der Waals surface area contributed by atoms with Crippen LogP contribution in [0.3, 0.4) is 0 Å². The molecule has 0 bridgehead atoms. The first-order chi connectivity index (χ1) is 9.31. The van der Waals surface area contributed by atoms with Crippen LogP contribution in [0.2, 0.25) is 25.2 Å². The molecule has 20 heavy (non-hydrogen) atoms. The van der Waals surface area contributed by atoms with Crippen LogP contribution in [-0.4, -0.2) is 20.1 Å². The highest BCUT2D eigenvalue weighted by Gasteiger charge is 2.54. The zero-order valence-electron chi connectivity index (χ0n) is 13.1. The van der Waals surface area contributed by atoms with Gasteiger partial charge >= 0.3 is 5.97 Å². The van der Waals surface area contributed by atoms with Gasteiger partial charge in [0, 0.05) is 5.92 Å². The van der Waals surface area contributed by atoms with E-state index in [1.54, 1.807) is 0 Å².